The molecule has 0 fully saturated rings. The predicted octanol–water partition coefficient (Wildman–Crippen LogP) is 6.80. The van der Waals surface area contributed by atoms with Gasteiger partial charge in [-0.3, -0.25) is 14.6 Å². The van der Waals surface area contributed by atoms with Gasteiger partial charge in [0.1, 0.15) is 5.01 Å². The monoisotopic (exact) mass is 591 g/mol. The summed E-state index contributed by atoms with van der Waals surface area (Å²) >= 11 is 1.62. The molecule has 1 aliphatic heterocycles. The van der Waals surface area contributed by atoms with E-state index in [0.29, 0.717) is 25.6 Å². The number of thiazole rings is 1. The molecule has 8 heteroatoms. The smallest absolute Gasteiger partial charge is 0.256 e. The molecular weight excluding hydrogens is 542 g/mol. The Morgan fingerprint density at radius 3 is 2.33 bits per heavy atom. The molecule has 228 valence electrons. The standard InChI is InChI=1S/C33H45N5O2S.CH4/c1-23(2)11-10-16-34-30(39)20-37(21-31(40)36(7)38-18-26-12-8-9-13-27(26)19-38)28-17-25(15-14-24(28)3)32-35-29(22-41-32)33(4,5)6;/h8-9,12-15,17,22-23H,10-11,16,18-21H2,1-7H3,(H,34,39);1H4. The number of hydrazine groups is 1. The van der Waals surface area contributed by atoms with Crippen LogP contribution in [0.4, 0.5) is 5.69 Å². The third-order valence-electron chi connectivity index (χ3n) is 7.62. The van der Waals surface area contributed by atoms with E-state index in [1.54, 1.807) is 16.3 Å². The second-order valence-electron chi connectivity index (χ2n) is 12.5. The number of likely N-dealkylation sites (N-methyl/N-ethyl adjacent to an activating group) is 1. The quantitative estimate of drug-likeness (QED) is 0.249. The van der Waals surface area contributed by atoms with Crippen molar-refractivity contribution in [2.45, 2.75) is 80.3 Å². The maximum absolute atomic E-state index is 13.7. The van der Waals surface area contributed by atoms with E-state index in [9.17, 15) is 9.59 Å². The van der Waals surface area contributed by atoms with Gasteiger partial charge in [-0.25, -0.2) is 9.99 Å². The number of fused-ring (bicyclic) bond motifs is 1. The third-order valence-corrected chi connectivity index (χ3v) is 8.51. The van der Waals surface area contributed by atoms with Gasteiger partial charge in [0.25, 0.3) is 5.91 Å². The number of aryl methyl sites for hydroxylation is 1. The number of nitrogens with one attached hydrogen (secondary N) is 1. The number of nitrogens with zero attached hydrogens (tertiary/aromatic N) is 4. The van der Waals surface area contributed by atoms with Crippen molar-refractivity contribution in [3.63, 3.8) is 0 Å². The Morgan fingerprint density at radius 2 is 1.74 bits per heavy atom. The molecule has 2 heterocycles. The largest absolute Gasteiger partial charge is 0.355 e. The van der Waals surface area contributed by atoms with Crippen LogP contribution in [-0.4, -0.2) is 53.5 Å². The molecule has 0 spiro atoms. The molecule has 0 atom stereocenters. The van der Waals surface area contributed by atoms with Crippen LogP contribution in [0.5, 0.6) is 0 Å². The van der Waals surface area contributed by atoms with Gasteiger partial charge in [0.2, 0.25) is 5.91 Å². The van der Waals surface area contributed by atoms with Crippen molar-refractivity contribution in [1.82, 2.24) is 20.3 Å². The van der Waals surface area contributed by atoms with Crippen LogP contribution in [0.2, 0.25) is 0 Å². The van der Waals surface area contributed by atoms with Gasteiger partial charge in [0.15, 0.2) is 0 Å². The van der Waals surface area contributed by atoms with Crippen molar-refractivity contribution >= 4 is 28.8 Å². The third kappa shape index (κ3) is 8.42. The number of benzene rings is 2. The molecule has 0 radical (unpaired) electrons. The molecule has 1 N–H and O–H groups in total. The Morgan fingerprint density at radius 1 is 1.07 bits per heavy atom. The average Bonchev–Trinajstić information content (AvgIpc) is 3.58. The fourth-order valence-electron chi connectivity index (χ4n) is 4.98. The number of aromatic nitrogens is 1. The van der Waals surface area contributed by atoms with E-state index in [1.807, 2.05) is 31.0 Å². The summed E-state index contributed by atoms with van der Waals surface area (Å²) in [5.74, 6) is 0.467. The Kier molecular flexibility index (Phi) is 11.3. The highest BCUT2D eigenvalue weighted by Crippen LogP contribution is 2.33. The average molecular weight is 592 g/mol. The van der Waals surface area contributed by atoms with Crippen molar-refractivity contribution in [1.29, 1.82) is 0 Å². The van der Waals surface area contributed by atoms with E-state index in [-0.39, 0.29) is 37.7 Å². The minimum Gasteiger partial charge on any atom is -0.355 e. The molecule has 1 aromatic heterocycles. The lowest BCUT2D eigenvalue weighted by Gasteiger charge is -2.32. The van der Waals surface area contributed by atoms with Crippen molar-refractivity contribution in [2.24, 2.45) is 5.92 Å². The van der Waals surface area contributed by atoms with Gasteiger partial charge in [-0.05, 0) is 48.4 Å². The summed E-state index contributed by atoms with van der Waals surface area (Å²) in [6.07, 6.45) is 2.01. The number of carbonyl (C=O) groups excluding carboxylic acids is 2. The van der Waals surface area contributed by atoms with E-state index in [2.05, 4.69) is 80.7 Å². The summed E-state index contributed by atoms with van der Waals surface area (Å²) < 4.78 is 0. The normalized spacial score (nSPS) is 13.0. The van der Waals surface area contributed by atoms with E-state index in [0.717, 1.165) is 40.4 Å². The van der Waals surface area contributed by atoms with Crippen molar-refractivity contribution in [3.05, 3.63) is 70.2 Å². The number of amides is 2. The van der Waals surface area contributed by atoms with Crippen LogP contribution in [0.25, 0.3) is 10.6 Å². The van der Waals surface area contributed by atoms with Gasteiger partial charge >= 0.3 is 0 Å². The lowest BCUT2D eigenvalue weighted by Crippen LogP contribution is -2.48. The van der Waals surface area contributed by atoms with Crippen LogP contribution in [0.3, 0.4) is 0 Å². The number of hydrogen-bond acceptors (Lipinski definition) is 6. The maximum Gasteiger partial charge on any atom is 0.256 e. The minimum atomic E-state index is -0.0770. The Bertz CT molecular complexity index is 1330. The van der Waals surface area contributed by atoms with E-state index in [1.165, 1.54) is 11.1 Å². The SMILES string of the molecule is C.Cc1ccc(-c2nc(C(C)(C)C)cs2)cc1N(CC(=O)NCCCC(C)C)CC(=O)N(C)N1Cc2ccccc2C1. The molecule has 0 saturated heterocycles. The van der Waals surface area contributed by atoms with E-state index in [4.69, 9.17) is 4.98 Å². The Balaban J connectivity index is 0.00000484. The van der Waals surface area contributed by atoms with Crippen LogP contribution in [-0.2, 0) is 28.1 Å². The zero-order valence-corrected chi connectivity index (χ0v) is 26.5. The van der Waals surface area contributed by atoms with E-state index >= 15 is 0 Å². The first-order valence-corrected chi connectivity index (χ1v) is 15.5. The molecule has 0 saturated carbocycles. The summed E-state index contributed by atoms with van der Waals surface area (Å²) in [7, 11) is 1.82. The molecule has 4 rings (SSSR count). The van der Waals surface area contributed by atoms with Gasteiger partial charge in [0, 0.05) is 48.7 Å². The maximum atomic E-state index is 13.7. The first-order valence-electron chi connectivity index (χ1n) is 14.6. The fraction of sp³-hybridized carbons (Fsp3) is 0.500. The number of rotatable bonds is 11. The van der Waals surface area contributed by atoms with Crippen LogP contribution in [0.15, 0.2) is 47.8 Å². The molecular formula is C34H49N5O2S. The predicted molar refractivity (Wildman–Crippen MR) is 175 cm³/mol. The molecule has 0 aliphatic carbocycles. The second kappa shape index (κ2) is 14.3. The summed E-state index contributed by atoms with van der Waals surface area (Å²) in [4.78, 5) is 33.6. The van der Waals surface area contributed by atoms with E-state index < -0.39 is 0 Å². The van der Waals surface area contributed by atoms with Crippen molar-refractivity contribution < 1.29 is 9.59 Å². The Hall–Kier alpha value is -3.23. The summed E-state index contributed by atoms with van der Waals surface area (Å²) in [5.41, 5.74) is 6.38. The molecule has 1 aliphatic rings. The van der Waals surface area contributed by atoms with Crippen LogP contribution >= 0.6 is 11.3 Å². The van der Waals surface area contributed by atoms with Crippen LogP contribution < -0.4 is 10.2 Å². The summed E-state index contributed by atoms with van der Waals surface area (Å²) in [5, 5.41) is 9.89. The molecule has 3 aromatic rings. The number of carbonyl (C=O) groups is 2. The highest BCUT2D eigenvalue weighted by atomic mass is 32.1. The molecule has 2 aromatic carbocycles. The van der Waals surface area contributed by atoms with Gasteiger partial charge in [-0.1, -0.05) is 78.4 Å². The molecule has 2 amide bonds. The zero-order valence-electron chi connectivity index (χ0n) is 25.7. The van der Waals surface area contributed by atoms with Gasteiger partial charge in [0.05, 0.1) is 18.8 Å². The lowest BCUT2D eigenvalue weighted by molar-refractivity contribution is -0.145. The zero-order chi connectivity index (χ0) is 29.7. The van der Waals surface area contributed by atoms with Crippen molar-refractivity contribution in [2.75, 3.05) is 31.6 Å². The number of anilines is 1. The molecule has 42 heavy (non-hydrogen) atoms. The van der Waals surface area contributed by atoms with Crippen LogP contribution in [0, 0.1) is 12.8 Å². The van der Waals surface area contributed by atoms with Gasteiger partial charge in [-0.15, -0.1) is 11.3 Å². The lowest BCUT2D eigenvalue weighted by atomic mass is 9.93. The molecule has 0 bridgehead atoms. The van der Waals surface area contributed by atoms with Crippen molar-refractivity contribution in [3.8, 4) is 10.6 Å². The number of hydrogen-bond donors (Lipinski definition) is 1. The topological polar surface area (TPSA) is 68.8 Å². The first-order chi connectivity index (χ1) is 19.4. The van der Waals surface area contributed by atoms with Gasteiger partial charge < -0.3 is 10.2 Å². The second-order valence-corrected chi connectivity index (χ2v) is 13.4. The highest BCUT2D eigenvalue weighted by molar-refractivity contribution is 7.13. The first kappa shape index (κ1) is 33.3. The summed E-state index contributed by atoms with van der Waals surface area (Å²) in [6, 6.07) is 14.5. The van der Waals surface area contributed by atoms with Gasteiger partial charge in [-0.2, -0.15) is 0 Å². The highest BCUT2D eigenvalue weighted by Gasteiger charge is 2.27. The van der Waals surface area contributed by atoms with Crippen LogP contribution in [0.1, 0.15) is 77.3 Å². The molecule has 7 nitrogen and oxygen atoms in total. The fourth-order valence-corrected chi connectivity index (χ4v) is 6.02. The minimum absolute atomic E-state index is 0. The molecule has 0 unspecified atom stereocenters. The Labute approximate surface area is 256 Å². The summed E-state index contributed by atoms with van der Waals surface area (Å²) in [6.45, 7) is 15.1.